The van der Waals surface area contributed by atoms with Crippen LogP contribution < -0.4 is 4.74 Å². The monoisotopic (exact) mass is 318 g/mol. The van der Waals surface area contributed by atoms with Gasteiger partial charge in [-0.15, -0.1) is 0 Å². The summed E-state index contributed by atoms with van der Waals surface area (Å²) in [5, 5.41) is 0. The van der Waals surface area contributed by atoms with Gasteiger partial charge in [-0.05, 0) is 66.2 Å². The van der Waals surface area contributed by atoms with Crippen molar-refractivity contribution in [2.24, 2.45) is 0 Å². The third-order valence-corrected chi connectivity index (χ3v) is 4.00. The molecule has 0 spiro atoms. The van der Waals surface area contributed by atoms with Crippen molar-refractivity contribution in [3.8, 4) is 11.6 Å². The minimum Gasteiger partial charge on any atom is -0.437 e. The standard InChI is InChI=1S/C15H15BrN2O/c1-10-6-7-14(12(16)8-10)19-15-11-4-2-3-5-13(11)17-9-18-15/h6-9H,2-5H2,1H3. The number of hydrogen-bond acceptors (Lipinski definition) is 3. The van der Waals surface area contributed by atoms with Crippen LogP contribution in [-0.2, 0) is 12.8 Å². The highest BCUT2D eigenvalue weighted by Crippen LogP contribution is 2.33. The molecule has 0 N–H and O–H groups in total. The van der Waals surface area contributed by atoms with Gasteiger partial charge in [0.15, 0.2) is 0 Å². The highest BCUT2D eigenvalue weighted by molar-refractivity contribution is 9.10. The average Bonchev–Trinajstić information content (AvgIpc) is 2.42. The molecule has 0 bridgehead atoms. The first-order chi connectivity index (χ1) is 9.24. The second-order valence-electron chi connectivity index (χ2n) is 4.85. The Hall–Kier alpha value is -1.42. The zero-order valence-corrected chi connectivity index (χ0v) is 12.4. The Morgan fingerprint density at radius 1 is 1.16 bits per heavy atom. The van der Waals surface area contributed by atoms with Gasteiger partial charge in [-0.25, -0.2) is 9.97 Å². The molecule has 98 valence electrons. The molecule has 0 unspecified atom stereocenters. The number of halogens is 1. The molecule has 3 nitrogen and oxygen atoms in total. The van der Waals surface area contributed by atoms with Crippen molar-refractivity contribution in [2.75, 3.05) is 0 Å². The van der Waals surface area contributed by atoms with Crippen molar-refractivity contribution < 1.29 is 4.74 Å². The van der Waals surface area contributed by atoms with Crippen LogP contribution in [0.5, 0.6) is 11.6 Å². The Kier molecular flexibility index (Phi) is 3.51. The van der Waals surface area contributed by atoms with Gasteiger partial charge in [-0.3, -0.25) is 0 Å². The average molecular weight is 319 g/mol. The smallest absolute Gasteiger partial charge is 0.225 e. The van der Waals surface area contributed by atoms with E-state index in [2.05, 4.69) is 32.8 Å². The lowest BCUT2D eigenvalue weighted by Gasteiger charge is -2.17. The molecule has 1 heterocycles. The molecule has 0 aliphatic heterocycles. The molecule has 0 atom stereocenters. The molecule has 19 heavy (non-hydrogen) atoms. The van der Waals surface area contributed by atoms with Crippen molar-refractivity contribution >= 4 is 15.9 Å². The summed E-state index contributed by atoms with van der Waals surface area (Å²) in [4.78, 5) is 8.65. The number of benzene rings is 1. The van der Waals surface area contributed by atoms with E-state index in [4.69, 9.17) is 4.74 Å². The van der Waals surface area contributed by atoms with Crippen LogP contribution in [0, 0.1) is 6.92 Å². The second kappa shape index (κ2) is 5.29. The van der Waals surface area contributed by atoms with Crippen molar-refractivity contribution in [1.82, 2.24) is 9.97 Å². The molecule has 0 radical (unpaired) electrons. The Morgan fingerprint density at radius 2 is 2.00 bits per heavy atom. The molecule has 1 aromatic heterocycles. The zero-order chi connectivity index (χ0) is 13.2. The minimum atomic E-state index is 0.703. The van der Waals surface area contributed by atoms with Crippen LogP contribution in [0.2, 0.25) is 0 Å². The fraction of sp³-hybridized carbons (Fsp3) is 0.333. The maximum atomic E-state index is 5.96. The first-order valence-electron chi connectivity index (χ1n) is 6.51. The van der Waals surface area contributed by atoms with Crippen LogP contribution in [0.25, 0.3) is 0 Å². The van der Waals surface area contributed by atoms with Crippen molar-refractivity contribution in [1.29, 1.82) is 0 Å². The summed E-state index contributed by atoms with van der Waals surface area (Å²) < 4.78 is 6.92. The van der Waals surface area contributed by atoms with E-state index in [0.29, 0.717) is 5.88 Å². The van der Waals surface area contributed by atoms with E-state index in [0.717, 1.165) is 28.8 Å². The summed E-state index contributed by atoms with van der Waals surface area (Å²) in [7, 11) is 0. The number of rotatable bonds is 2. The van der Waals surface area contributed by atoms with E-state index in [1.807, 2.05) is 18.2 Å². The second-order valence-corrected chi connectivity index (χ2v) is 5.70. The van der Waals surface area contributed by atoms with Crippen LogP contribution in [0.1, 0.15) is 29.7 Å². The molecule has 1 aromatic carbocycles. The van der Waals surface area contributed by atoms with E-state index < -0.39 is 0 Å². The maximum Gasteiger partial charge on any atom is 0.225 e. The lowest BCUT2D eigenvalue weighted by molar-refractivity contribution is 0.444. The van der Waals surface area contributed by atoms with Gasteiger partial charge in [0.05, 0.1) is 10.2 Å². The molecule has 0 saturated heterocycles. The van der Waals surface area contributed by atoms with Gasteiger partial charge < -0.3 is 4.74 Å². The maximum absolute atomic E-state index is 5.96. The first kappa shape index (κ1) is 12.6. The Balaban J connectivity index is 1.95. The number of aromatic nitrogens is 2. The Morgan fingerprint density at radius 3 is 2.84 bits per heavy atom. The van der Waals surface area contributed by atoms with E-state index in [1.165, 1.54) is 24.0 Å². The lowest BCUT2D eigenvalue weighted by atomic mass is 9.97. The van der Waals surface area contributed by atoms with Crippen LogP contribution in [0.15, 0.2) is 29.0 Å². The first-order valence-corrected chi connectivity index (χ1v) is 7.30. The Labute approximate surface area is 121 Å². The number of ether oxygens (including phenoxy) is 1. The quantitative estimate of drug-likeness (QED) is 0.831. The van der Waals surface area contributed by atoms with E-state index in [9.17, 15) is 0 Å². The number of hydrogen-bond donors (Lipinski definition) is 0. The summed E-state index contributed by atoms with van der Waals surface area (Å²) in [6.07, 6.45) is 6.03. The van der Waals surface area contributed by atoms with Crippen molar-refractivity contribution in [2.45, 2.75) is 32.6 Å². The lowest BCUT2D eigenvalue weighted by Crippen LogP contribution is -2.08. The minimum absolute atomic E-state index is 0.703. The van der Waals surface area contributed by atoms with Crippen LogP contribution in [0.4, 0.5) is 0 Å². The van der Waals surface area contributed by atoms with Gasteiger partial charge in [-0.2, -0.15) is 0 Å². The summed E-state index contributed by atoms with van der Waals surface area (Å²) in [6.45, 7) is 2.06. The third kappa shape index (κ3) is 2.63. The normalized spacial score (nSPS) is 14.0. The predicted octanol–water partition coefficient (Wildman–Crippen LogP) is 4.22. The number of aryl methyl sites for hydroxylation is 2. The summed E-state index contributed by atoms with van der Waals surface area (Å²) >= 11 is 3.53. The molecular formula is C15H15BrN2O. The van der Waals surface area contributed by atoms with E-state index in [1.54, 1.807) is 6.33 Å². The predicted molar refractivity (Wildman–Crippen MR) is 77.6 cm³/mol. The molecule has 3 rings (SSSR count). The van der Waals surface area contributed by atoms with Crippen LogP contribution in [0.3, 0.4) is 0 Å². The molecule has 0 saturated carbocycles. The molecule has 4 heteroatoms. The van der Waals surface area contributed by atoms with Gasteiger partial charge in [0, 0.05) is 5.56 Å². The molecule has 1 aliphatic rings. The van der Waals surface area contributed by atoms with Crippen molar-refractivity contribution in [3.05, 3.63) is 45.8 Å². The highest BCUT2D eigenvalue weighted by Gasteiger charge is 2.17. The van der Waals surface area contributed by atoms with Gasteiger partial charge in [-0.1, -0.05) is 6.07 Å². The van der Waals surface area contributed by atoms with Crippen molar-refractivity contribution in [3.63, 3.8) is 0 Å². The number of fused-ring (bicyclic) bond motifs is 1. The molecule has 0 fully saturated rings. The molecule has 0 amide bonds. The largest absolute Gasteiger partial charge is 0.437 e. The van der Waals surface area contributed by atoms with Gasteiger partial charge in [0.1, 0.15) is 12.1 Å². The summed E-state index contributed by atoms with van der Waals surface area (Å²) in [5.74, 6) is 1.51. The fourth-order valence-electron chi connectivity index (χ4n) is 2.37. The fourth-order valence-corrected chi connectivity index (χ4v) is 2.95. The van der Waals surface area contributed by atoms with Gasteiger partial charge >= 0.3 is 0 Å². The van der Waals surface area contributed by atoms with E-state index >= 15 is 0 Å². The van der Waals surface area contributed by atoms with Crippen LogP contribution >= 0.6 is 15.9 Å². The SMILES string of the molecule is Cc1ccc(Oc2ncnc3c2CCCC3)c(Br)c1. The highest BCUT2D eigenvalue weighted by atomic mass is 79.9. The third-order valence-electron chi connectivity index (χ3n) is 3.38. The van der Waals surface area contributed by atoms with E-state index in [-0.39, 0.29) is 0 Å². The molecule has 2 aromatic rings. The van der Waals surface area contributed by atoms with Gasteiger partial charge in [0.25, 0.3) is 0 Å². The summed E-state index contributed by atoms with van der Waals surface area (Å²) in [6, 6.07) is 6.05. The molecular weight excluding hydrogens is 304 g/mol. The molecule has 1 aliphatic carbocycles. The van der Waals surface area contributed by atoms with Gasteiger partial charge in [0.2, 0.25) is 5.88 Å². The topological polar surface area (TPSA) is 35.0 Å². The summed E-state index contributed by atoms with van der Waals surface area (Å²) in [5.41, 5.74) is 3.50. The number of nitrogens with zero attached hydrogens (tertiary/aromatic N) is 2. The zero-order valence-electron chi connectivity index (χ0n) is 10.8. The van der Waals surface area contributed by atoms with Crippen LogP contribution in [-0.4, -0.2) is 9.97 Å². The Bertz CT molecular complexity index is 613.